The second-order valence-corrected chi connectivity index (χ2v) is 8.35. The Balaban J connectivity index is 1.74. The third-order valence-electron chi connectivity index (χ3n) is 4.28. The van der Waals surface area contributed by atoms with Crippen LogP contribution in [0.25, 0.3) is 0 Å². The Labute approximate surface area is 174 Å². The van der Waals surface area contributed by atoms with Crippen molar-refractivity contribution in [2.45, 2.75) is 44.9 Å². The smallest absolute Gasteiger partial charge is 0.258 e. The lowest BCUT2D eigenvalue weighted by molar-refractivity contribution is 0.0974. The van der Waals surface area contributed by atoms with Crippen LogP contribution >= 0.6 is 11.6 Å². The van der Waals surface area contributed by atoms with Gasteiger partial charge in [-0.2, -0.15) is 0 Å². The zero-order valence-corrected chi connectivity index (χ0v) is 17.3. The maximum absolute atomic E-state index is 13.7. The van der Waals surface area contributed by atoms with Crippen LogP contribution in [0.15, 0.2) is 53.5 Å². The molecule has 1 aliphatic rings. The van der Waals surface area contributed by atoms with Gasteiger partial charge in [-0.3, -0.25) is 10.1 Å². The fraction of sp³-hybridized carbons (Fsp3) is 0.333. The minimum Gasteiger partial charge on any atom is -0.351 e. The number of hydrogen-bond acceptors (Lipinski definition) is 4. The predicted octanol–water partition coefficient (Wildman–Crippen LogP) is 3.52. The van der Waals surface area contributed by atoms with Crippen LogP contribution in [0.2, 0.25) is 5.02 Å². The molecule has 6 nitrogen and oxygen atoms in total. The number of carbonyl (C=O) groups excluding carboxylic acids is 1. The molecule has 0 aromatic heterocycles. The van der Waals surface area contributed by atoms with Crippen molar-refractivity contribution in [1.29, 1.82) is 0 Å². The van der Waals surface area contributed by atoms with Gasteiger partial charge in [-0.1, -0.05) is 41.9 Å². The lowest BCUT2D eigenvalue weighted by Gasteiger charge is -2.24. The Morgan fingerprint density at radius 2 is 1.90 bits per heavy atom. The first-order valence-corrected chi connectivity index (χ1v) is 9.77. The van der Waals surface area contributed by atoms with Gasteiger partial charge in [-0.15, -0.1) is 0 Å². The van der Waals surface area contributed by atoms with Crippen LogP contribution in [-0.2, 0) is 0 Å². The van der Waals surface area contributed by atoms with Crippen molar-refractivity contribution >= 4 is 23.5 Å². The third-order valence-corrected chi connectivity index (χ3v) is 4.58. The molecule has 29 heavy (non-hydrogen) atoms. The molecule has 1 saturated heterocycles. The standard InChI is InChI=1S/C21H25ClFN5O/c1-21(2,3)26-20(25-19(29)14-9-10-15(22)16(23)11-14)24-18-12-17(27-28-18)13-7-5-4-6-8-13/h4-11,17-18,27-28H,12H2,1-3H3,(H2,24,25,26,29). The first-order valence-electron chi connectivity index (χ1n) is 9.40. The zero-order valence-electron chi connectivity index (χ0n) is 16.6. The average Bonchev–Trinajstić information content (AvgIpc) is 3.11. The normalized spacial score (nSPS) is 19.8. The van der Waals surface area contributed by atoms with Crippen molar-refractivity contribution in [3.63, 3.8) is 0 Å². The first kappa shape index (κ1) is 21.2. The van der Waals surface area contributed by atoms with Crippen molar-refractivity contribution in [3.05, 3.63) is 70.5 Å². The number of hydrazine groups is 1. The molecule has 2 unspecified atom stereocenters. The Kier molecular flexibility index (Phi) is 6.52. The Morgan fingerprint density at radius 3 is 2.55 bits per heavy atom. The summed E-state index contributed by atoms with van der Waals surface area (Å²) in [7, 11) is 0. The summed E-state index contributed by atoms with van der Waals surface area (Å²) in [6, 6.07) is 14.1. The maximum atomic E-state index is 13.7. The zero-order chi connectivity index (χ0) is 21.0. The van der Waals surface area contributed by atoms with Crippen molar-refractivity contribution in [2.75, 3.05) is 0 Å². The molecular weight excluding hydrogens is 393 g/mol. The number of carbonyl (C=O) groups is 1. The first-order chi connectivity index (χ1) is 13.7. The van der Waals surface area contributed by atoms with Crippen LogP contribution in [0, 0.1) is 5.82 Å². The van der Waals surface area contributed by atoms with E-state index < -0.39 is 11.7 Å². The Bertz CT molecular complexity index is 898. The van der Waals surface area contributed by atoms with E-state index in [9.17, 15) is 9.18 Å². The summed E-state index contributed by atoms with van der Waals surface area (Å²) in [5.41, 5.74) is 7.36. The number of halogens is 2. The van der Waals surface area contributed by atoms with Gasteiger partial charge in [0.15, 0.2) is 5.96 Å². The topological polar surface area (TPSA) is 77.6 Å². The Hall–Kier alpha value is -2.48. The van der Waals surface area contributed by atoms with Gasteiger partial charge in [0, 0.05) is 23.6 Å². The van der Waals surface area contributed by atoms with Gasteiger partial charge in [0.25, 0.3) is 5.91 Å². The molecule has 2 atom stereocenters. The number of aliphatic imine (C=N–C) groups is 1. The number of guanidine groups is 1. The van der Waals surface area contributed by atoms with E-state index in [1.807, 2.05) is 39.0 Å². The lowest BCUT2D eigenvalue weighted by Crippen LogP contribution is -2.50. The van der Waals surface area contributed by atoms with E-state index in [0.717, 1.165) is 11.6 Å². The second-order valence-electron chi connectivity index (χ2n) is 7.94. The highest BCUT2D eigenvalue weighted by atomic mass is 35.5. The van der Waals surface area contributed by atoms with Gasteiger partial charge in [0.05, 0.1) is 5.02 Å². The predicted molar refractivity (Wildman–Crippen MR) is 113 cm³/mol. The fourth-order valence-electron chi connectivity index (χ4n) is 2.95. The summed E-state index contributed by atoms with van der Waals surface area (Å²) < 4.78 is 13.7. The SMILES string of the molecule is CC(C)(C)NC(=NC1CC(c2ccccc2)NN1)NC(=O)c1ccc(Cl)c(F)c1. The molecule has 0 spiro atoms. The summed E-state index contributed by atoms with van der Waals surface area (Å²) in [5.74, 6) is -0.804. The molecule has 1 aliphatic heterocycles. The molecule has 1 fully saturated rings. The van der Waals surface area contributed by atoms with Gasteiger partial charge in [0.2, 0.25) is 0 Å². The molecule has 0 bridgehead atoms. The third kappa shape index (κ3) is 6.00. The quantitative estimate of drug-likeness (QED) is 0.455. The largest absolute Gasteiger partial charge is 0.351 e. The van der Waals surface area contributed by atoms with E-state index >= 15 is 0 Å². The minimum absolute atomic E-state index is 0.0311. The van der Waals surface area contributed by atoms with E-state index in [1.54, 1.807) is 0 Å². The molecule has 1 amide bonds. The number of hydrogen-bond donors (Lipinski definition) is 4. The van der Waals surface area contributed by atoms with Gasteiger partial charge < -0.3 is 5.32 Å². The molecule has 0 radical (unpaired) electrons. The van der Waals surface area contributed by atoms with E-state index in [1.165, 1.54) is 12.1 Å². The monoisotopic (exact) mass is 417 g/mol. The van der Waals surface area contributed by atoms with Crippen LogP contribution in [0.5, 0.6) is 0 Å². The highest BCUT2D eigenvalue weighted by Crippen LogP contribution is 2.22. The number of nitrogens with one attached hydrogen (secondary N) is 4. The van der Waals surface area contributed by atoms with Gasteiger partial charge in [-0.25, -0.2) is 20.2 Å². The molecule has 2 aromatic rings. The van der Waals surface area contributed by atoms with Gasteiger partial charge in [-0.05, 0) is 44.5 Å². The van der Waals surface area contributed by atoms with Crippen molar-refractivity contribution in [2.24, 2.45) is 4.99 Å². The van der Waals surface area contributed by atoms with Crippen LogP contribution < -0.4 is 21.5 Å². The molecule has 154 valence electrons. The lowest BCUT2D eigenvalue weighted by atomic mass is 10.1. The van der Waals surface area contributed by atoms with Crippen LogP contribution in [0.3, 0.4) is 0 Å². The van der Waals surface area contributed by atoms with Crippen LogP contribution in [0.4, 0.5) is 4.39 Å². The molecule has 3 rings (SSSR count). The average molecular weight is 418 g/mol. The van der Waals surface area contributed by atoms with Gasteiger partial charge >= 0.3 is 0 Å². The molecule has 8 heteroatoms. The number of rotatable bonds is 3. The molecule has 4 N–H and O–H groups in total. The summed E-state index contributed by atoms with van der Waals surface area (Å²) >= 11 is 5.70. The van der Waals surface area contributed by atoms with Crippen molar-refractivity contribution < 1.29 is 9.18 Å². The van der Waals surface area contributed by atoms with Crippen molar-refractivity contribution in [1.82, 2.24) is 21.5 Å². The second kappa shape index (κ2) is 8.90. The Morgan fingerprint density at radius 1 is 1.17 bits per heavy atom. The molecule has 2 aromatic carbocycles. The summed E-state index contributed by atoms with van der Waals surface area (Å²) in [6.07, 6.45) is 0.470. The molecule has 1 heterocycles. The van der Waals surface area contributed by atoms with Gasteiger partial charge in [0.1, 0.15) is 12.0 Å². The summed E-state index contributed by atoms with van der Waals surface area (Å²) in [5, 5.41) is 5.90. The van der Waals surface area contributed by atoms with E-state index in [4.69, 9.17) is 11.6 Å². The molecule has 0 aliphatic carbocycles. The summed E-state index contributed by atoms with van der Waals surface area (Å²) in [4.78, 5) is 17.2. The molecular formula is C21H25ClFN5O. The molecule has 0 saturated carbocycles. The van der Waals surface area contributed by atoms with Crippen molar-refractivity contribution in [3.8, 4) is 0 Å². The van der Waals surface area contributed by atoms with E-state index in [0.29, 0.717) is 12.4 Å². The maximum Gasteiger partial charge on any atom is 0.258 e. The summed E-state index contributed by atoms with van der Waals surface area (Å²) in [6.45, 7) is 5.89. The van der Waals surface area contributed by atoms with E-state index in [-0.39, 0.29) is 28.3 Å². The number of benzene rings is 2. The number of nitrogens with zero attached hydrogens (tertiary/aromatic N) is 1. The van der Waals surface area contributed by atoms with Crippen LogP contribution in [-0.4, -0.2) is 23.6 Å². The minimum atomic E-state index is -0.644. The fourth-order valence-corrected chi connectivity index (χ4v) is 3.07. The highest BCUT2D eigenvalue weighted by molar-refractivity contribution is 6.30. The van der Waals surface area contributed by atoms with Crippen LogP contribution in [0.1, 0.15) is 49.2 Å². The highest BCUT2D eigenvalue weighted by Gasteiger charge is 2.26. The number of amides is 1. The van der Waals surface area contributed by atoms with E-state index in [2.05, 4.69) is 38.6 Å².